The third-order valence-electron chi connectivity index (χ3n) is 6.97. The summed E-state index contributed by atoms with van der Waals surface area (Å²) < 4.78 is 5.04. The van der Waals surface area contributed by atoms with Crippen molar-refractivity contribution in [3.63, 3.8) is 0 Å². The van der Waals surface area contributed by atoms with Crippen molar-refractivity contribution in [2.24, 2.45) is 5.92 Å². The van der Waals surface area contributed by atoms with Crippen molar-refractivity contribution in [2.45, 2.75) is 57.8 Å². The molecule has 0 bridgehead atoms. The Morgan fingerprint density at radius 3 is 1.87 bits per heavy atom. The molecule has 3 atom stereocenters. The average molecular weight is 726 g/mol. The molecule has 18 heteroatoms. The highest BCUT2D eigenvalue weighted by molar-refractivity contribution is 6.08. The number of aliphatic carboxylic acids is 3. The molecule has 18 nitrogen and oxygen atoms in total. The van der Waals surface area contributed by atoms with Gasteiger partial charge in [-0.05, 0) is 24.0 Å². The van der Waals surface area contributed by atoms with Crippen LogP contribution in [0.3, 0.4) is 0 Å². The number of allylic oxidation sites excluding steroid dienone is 1. The van der Waals surface area contributed by atoms with Crippen molar-refractivity contribution in [2.75, 3.05) is 6.54 Å². The zero-order chi connectivity index (χ0) is 38.8. The number of amides is 5. The lowest BCUT2D eigenvalue weighted by Crippen LogP contribution is -2.60. The summed E-state index contributed by atoms with van der Waals surface area (Å²) in [4.78, 5) is 112. The Morgan fingerprint density at radius 2 is 1.31 bits per heavy atom. The number of hydrazine groups is 1. The number of alkyl carbamates (subject to hydrolysis) is 1. The van der Waals surface area contributed by atoms with Gasteiger partial charge in [0.2, 0.25) is 11.8 Å². The van der Waals surface area contributed by atoms with Crippen LogP contribution in [0.25, 0.3) is 0 Å². The zero-order valence-electron chi connectivity index (χ0n) is 28.1. The highest BCUT2D eigenvalue weighted by Crippen LogP contribution is 2.08. The molecule has 2 aromatic rings. The molecule has 5 amide bonds. The predicted molar refractivity (Wildman–Crippen MR) is 179 cm³/mol. The number of nitrogens with one attached hydrogen (secondary N) is 4. The Kier molecular flexibility index (Phi) is 16.6. The van der Waals surface area contributed by atoms with E-state index in [4.69, 9.17) is 4.74 Å². The van der Waals surface area contributed by atoms with Gasteiger partial charge in [-0.15, -0.1) is 0 Å². The van der Waals surface area contributed by atoms with E-state index in [0.717, 1.165) is 12.2 Å². The minimum Gasteiger partial charge on any atom is -0.481 e. The van der Waals surface area contributed by atoms with Crippen LogP contribution in [0.5, 0.6) is 0 Å². The van der Waals surface area contributed by atoms with Gasteiger partial charge in [-0.25, -0.2) is 9.80 Å². The maximum absolute atomic E-state index is 13.4. The van der Waals surface area contributed by atoms with Gasteiger partial charge in [0.15, 0.2) is 5.78 Å². The summed E-state index contributed by atoms with van der Waals surface area (Å²) in [5, 5.41) is 34.9. The Hall–Kier alpha value is -6.59. The molecule has 278 valence electrons. The first-order valence-electron chi connectivity index (χ1n) is 15.7. The monoisotopic (exact) mass is 725 g/mol. The Labute approximate surface area is 297 Å². The van der Waals surface area contributed by atoms with E-state index in [0.29, 0.717) is 10.6 Å². The molecule has 0 saturated heterocycles. The average Bonchev–Trinajstić information content (AvgIpc) is 3.09. The van der Waals surface area contributed by atoms with Crippen LogP contribution in [0.2, 0.25) is 0 Å². The van der Waals surface area contributed by atoms with E-state index in [1.165, 1.54) is 26.0 Å². The van der Waals surface area contributed by atoms with Crippen LogP contribution in [0.15, 0.2) is 72.8 Å². The van der Waals surface area contributed by atoms with Crippen LogP contribution in [0.4, 0.5) is 4.79 Å². The van der Waals surface area contributed by atoms with Gasteiger partial charge in [-0.3, -0.25) is 43.8 Å². The molecular formula is C34H39N5O13. The van der Waals surface area contributed by atoms with Crippen LogP contribution in [0, 0.1) is 5.92 Å². The molecule has 0 radical (unpaired) electrons. The summed E-state index contributed by atoms with van der Waals surface area (Å²) in [5.74, 6) is -10.2. The molecule has 7 N–H and O–H groups in total. The van der Waals surface area contributed by atoms with E-state index in [9.17, 15) is 58.5 Å². The first-order valence-corrected chi connectivity index (χ1v) is 15.7. The van der Waals surface area contributed by atoms with Crippen molar-refractivity contribution in [1.82, 2.24) is 26.4 Å². The SMILES string of the molecule is CC(C)[C@H](NC(=O)[C@H](CCC(=O)O)NC(=O)[C@H](CC(=O)O)NC(=O)OCc1ccccc1)C(=O)NN(CC(=O)O)C(=O)/C=C/C(=O)c1ccccc1. The summed E-state index contributed by atoms with van der Waals surface area (Å²) >= 11 is 0. The maximum atomic E-state index is 13.4. The molecule has 0 unspecified atom stereocenters. The topological polar surface area (TPSA) is 275 Å². The van der Waals surface area contributed by atoms with E-state index in [-0.39, 0.29) is 12.2 Å². The maximum Gasteiger partial charge on any atom is 0.408 e. The third-order valence-corrected chi connectivity index (χ3v) is 6.97. The highest BCUT2D eigenvalue weighted by Gasteiger charge is 2.33. The number of carbonyl (C=O) groups excluding carboxylic acids is 6. The number of hydrogen-bond donors (Lipinski definition) is 7. The molecule has 0 saturated carbocycles. The third kappa shape index (κ3) is 14.9. The quantitative estimate of drug-likeness (QED) is 0.0596. The van der Waals surface area contributed by atoms with Crippen molar-refractivity contribution < 1.29 is 63.2 Å². The van der Waals surface area contributed by atoms with Gasteiger partial charge in [-0.2, -0.15) is 0 Å². The van der Waals surface area contributed by atoms with Crippen molar-refractivity contribution in [3.05, 3.63) is 83.9 Å². The normalized spacial score (nSPS) is 12.4. The number of benzene rings is 2. The van der Waals surface area contributed by atoms with Gasteiger partial charge in [-0.1, -0.05) is 74.5 Å². The summed E-state index contributed by atoms with van der Waals surface area (Å²) in [5.41, 5.74) is 2.92. The molecule has 0 fully saturated rings. The lowest BCUT2D eigenvalue weighted by Gasteiger charge is -2.28. The van der Waals surface area contributed by atoms with Crippen LogP contribution < -0.4 is 21.4 Å². The van der Waals surface area contributed by atoms with E-state index >= 15 is 0 Å². The molecule has 0 spiro atoms. The number of rotatable bonds is 19. The van der Waals surface area contributed by atoms with Crippen molar-refractivity contribution in [1.29, 1.82) is 0 Å². The van der Waals surface area contributed by atoms with E-state index in [1.807, 2.05) is 0 Å². The standard InChI is InChI=1S/C34H39N5O13/c1-20(2)30(33(50)38-39(18-29(46)47)26(41)15-14-25(40)22-11-7-4-8-12-22)37-31(48)23(13-16-27(42)43)35-32(49)24(17-28(44)45)36-34(51)52-19-21-9-5-3-6-10-21/h3-12,14-15,20,23-24,30H,13,16-19H2,1-2H3,(H,35,49)(H,36,51)(H,37,48)(H,38,50)(H,42,43)(H,44,45)(H,46,47)/b15-14+/t23-,24-,30-/m0/s1. The summed E-state index contributed by atoms with van der Waals surface area (Å²) in [7, 11) is 0. The molecule has 0 aromatic heterocycles. The smallest absolute Gasteiger partial charge is 0.408 e. The molecule has 52 heavy (non-hydrogen) atoms. The van der Waals surface area contributed by atoms with Crippen molar-refractivity contribution >= 4 is 53.4 Å². The van der Waals surface area contributed by atoms with Crippen molar-refractivity contribution in [3.8, 4) is 0 Å². The second kappa shape index (κ2) is 20.8. The lowest BCUT2D eigenvalue weighted by atomic mass is 10.0. The number of nitrogens with zero attached hydrogens (tertiary/aromatic N) is 1. The van der Waals surface area contributed by atoms with Gasteiger partial charge in [0, 0.05) is 18.1 Å². The second-order valence-electron chi connectivity index (χ2n) is 11.4. The number of hydrogen-bond acceptors (Lipinski definition) is 10. The van der Waals surface area contributed by atoms with Gasteiger partial charge in [0.05, 0.1) is 6.42 Å². The van der Waals surface area contributed by atoms with Crippen LogP contribution >= 0.6 is 0 Å². The molecule has 2 aromatic carbocycles. The molecule has 0 heterocycles. The second-order valence-corrected chi connectivity index (χ2v) is 11.4. The van der Waals surface area contributed by atoms with Crippen LogP contribution in [-0.2, 0) is 44.9 Å². The number of carboxylic acids is 3. The zero-order valence-corrected chi connectivity index (χ0v) is 28.1. The van der Waals surface area contributed by atoms with Crippen LogP contribution in [0.1, 0.15) is 49.0 Å². The number of carboxylic acid groups (broad SMARTS) is 3. The summed E-state index contributed by atoms with van der Waals surface area (Å²) in [6.07, 6.45) is -1.68. The van der Waals surface area contributed by atoms with E-state index < -0.39 is 103 Å². The predicted octanol–water partition coefficient (Wildman–Crippen LogP) is 0.630. The lowest BCUT2D eigenvalue weighted by molar-refractivity contribution is -0.148. The van der Waals surface area contributed by atoms with Gasteiger partial charge < -0.3 is 36.0 Å². The molecule has 0 aliphatic carbocycles. The fourth-order valence-corrected chi connectivity index (χ4v) is 4.33. The van der Waals surface area contributed by atoms with Gasteiger partial charge in [0.25, 0.3) is 11.8 Å². The number of carbonyl (C=O) groups is 9. The fourth-order valence-electron chi connectivity index (χ4n) is 4.33. The minimum atomic E-state index is -1.78. The first-order chi connectivity index (χ1) is 24.6. The van der Waals surface area contributed by atoms with Gasteiger partial charge in [0.1, 0.15) is 31.3 Å². The largest absolute Gasteiger partial charge is 0.481 e. The Bertz CT molecular complexity index is 1650. The Morgan fingerprint density at radius 1 is 0.712 bits per heavy atom. The van der Waals surface area contributed by atoms with Crippen LogP contribution in [-0.4, -0.2) is 98.4 Å². The molecule has 0 aliphatic rings. The van der Waals surface area contributed by atoms with E-state index in [1.54, 1.807) is 48.5 Å². The summed E-state index contributed by atoms with van der Waals surface area (Å²) in [6, 6.07) is 11.3. The first kappa shape index (κ1) is 41.6. The minimum absolute atomic E-state index is 0.214. The molecular weight excluding hydrogens is 686 g/mol. The molecule has 2 rings (SSSR count). The highest BCUT2D eigenvalue weighted by atomic mass is 16.5. The Balaban J connectivity index is 2.20. The number of ketones is 1. The van der Waals surface area contributed by atoms with Gasteiger partial charge >= 0.3 is 24.0 Å². The molecule has 0 aliphatic heterocycles. The number of ether oxygens (including phenoxy) is 1. The summed E-state index contributed by atoms with van der Waals surface area (Å²) in [6.45, 7) is 1.69. The fraction of sp³-hybridized carbons (Fsp3) is 0.324. The van der Waals surface area contributed by atoms with E-state index in [2.05, 4.69) is 21.4 Å².